The standard InChI is InChI=1S/C13H15N5O4/c14-6-1-2-9(21)17-12-11(6)13(16-5-15-12)18-10-3-7(20)8(4-19)22-10/h1-2,5,7-8,10,19-20H,3-4,14H2,(H,15,16,17,18,21). The Hall–Kier alpha value is -2.36. The molecule has 0 amide bonds. The smallest absolute Gasteiger partial charge is 0.271 e. The molecule has 1 aliphatic rings. The highest BCUT2D eigenvalue weighted by Gasteiger charge is 2.33. The number of anilines is 2. The number of aromatic nitrogens is 3. The fourth-order valence-corrected chi connectivity index (χ4v) is 2.36. The molecule has 0 saturated carbocycles. The molecule has 3 rings (SSSR count). The summed E-state index contributed by atoms with van der Waals surface area (Å²) >= 11 is 0. The van der Waals surface area contributed by atoms with Crippen LogP contribution in [0, 0.1) is 0 Å². The van der Waals surface area contributed by atoms with Gasteiger partial charge in [0.2, 0.25) is 0 Å². The molecule has 0 bridgehead atoms. The predicted molar refractivity (Wildman–Crippen MR) is 78.0 cm³/mol. The van der Waals surface area contributed by atoms with Crippen molar-refractivity contribution in [2.75, 3.05) is 17.7 Å². The van der Waals surface area contributed by atoms with Crippen LogP contribution in [-0.4, -0.2) is 50.2 Å². The second kappa shape index (κ2) is 5.79. The molecule has 1 aliphatic heterocycles. The summed E-state index contributed by atoms with van der Waals surface area (Å²) in [5.41, 5.74) is 5.94. The molecular formula is C13H15N5O4. The van der Waals surface area contributed by atoms with E-state index in [9.17, 15) is 9.90 Å². The molecule has 116 valence electrons. The van der Waals surface area contributed by atoms with Crippen LogP contribution in [-0.2, 0) is 4.74 Å². The molecule has 3 atom stereocenters. The normalized spacial score (nSPS) is 24.5. The molecule has 0 spiro atoms. The van der Waals surface area contributed by atoms with Crippen molar-refractivity contribution in [1.29, 1.82) is 0 Å². The van der Waals surface area contributed by atoms with Gasteiger partial charge in [-0.2, -0.15) is 4.98 Å². The van der Waals surface area contributed by atoms with Crippen molar-refractivity contribution in [2.24, 2.45) is 0 Å². The van der Waals surface area contributed by atoms with Crippen LogP contribution in [0.4, 0.5) is 11.5 Å². The average Bonchev–Trinajstić information content (AvgIpc) is 2.77. The molecule has 0 radical (unpaired) electrons. The number of nitrogens with one attached hydrogen (secondary N) is 1. The Morgan fingerprint density at radius 3 is 2.95 bits per heavy atom. The summed E-state index contributed by atoms with van der Waals surface area (Å²) in [6.07, 6.45) is -0.413. The van der Waals surface area contributed by atoms with Crippen molar-refractivity contribution in [1.82, 2.24) is 15.0 Å². The first kappa shape index (κ1) is 14.6. The molecule has 9 nitrogen and oxygen atoms in total. The van der Waals surface area contributed by atoms with E-state index in [1.165, 1.54) is 18.5 Å². The van der Waals surface area contributed by atoms with Gasteiger partial charge in [0.05, 0.1) is 18.1 Å². The minimum atomic E-state index is -0.768. The summed E-state index contributed by atoms with van der Waals surface area (Å²) in [5, 5.41) is 22.2. The number of nitrogens with two attached hydrogens (primary N) is 1. The van der Waals surface area contributed by atoms with Crippen molar-refractivity contribution < 1.29 is 14.9 Å². The number of ether oxygens (including phenoxy) is 1. The monoisotopic (exact) mass is 305 g/mol. The first-order valence-corrected chi connectivity index (χ1v) is 6.71. The lowest BCUT2D eigenvalue weighted by Crippen LogP contribution is -2.25. The third kappa shape index (κ3) is 2.69. The maximum absolute atomic E-state index is 11.5. The number of aliphatic hydroxyl groups is 2. The number of hydrogen-bond acceptors (Lipinski definition) is 9. The number of aliphatic hydroxyl groups excluding tert-OH is 2. The van der Waals surface area contributed by atoms with E-state index >= 15 is 0 Å². The van der Waals surface area contributed by atoms with Gasteiger partial charge in [-0.25, -0.2) is 9.97 Å². The van der Waals surface area contributed by atoms with Gasteiger partial charge in [0.1, 0.15) is 24.5 Å². The molecule has 1 saturated heterocycles. The quantitative estimate of drug-likeness (QED) is 0.552. The molecule has 22 heavy (non-hydrogen) atoms. The van der Waals surface area contributed by atoms with Gasteiger partial charge in [-0.05, 0) is 6.07 Å². The van der Waals surface area contributed by atoms with Gasteiger partial charge in [0.25, 0.3) is 5.56 Å². The van der Waals surface area contributed by atoms with Gasteiger partial charge in [0, 0.05) is 18.2 Å². The third-order valence-corrected chi connectivity index (χ3v) is 3.44. The zero-order valence-electron chi connectivity index (χ0n) is 11.5. The Balaban J connectivity index is 1.99. The van der Waals surface area contributed by atoms with E-state index < -0.39 is 24.0 Å². The van der Waals surface area contributed by atoms with Gasteiger partial charge in [0.15, 0.2) is 5.65 Å². The number of nitrogens with zero attached hydrogens (tertiary/aromatic N) is 3. The SMILES string of the molecule is Nc1ccc(=O)nc2ncnc(NC3CC(O)C(CO)O3)c12. The number of hydrogen-bond donors (Lipinski definition) is 4. The molecule has 5 N–H and O–H groups in total. The molecular weight excluding hydrogens is 290 g/mol. The van der Waals surface area contributed by atoms with Crippen LogP contribution in [0.15, 0.2) is 23.3 Å². The second-order valence-electron chi connectivity index (χ2n) is 4.95. The molecule has 9 heteroatoms. The largest absolute Gasteiger partial charge is 0.398 e. The molecule has 0 aromatic carbocycles. The first-order valence-electron chi connectivity index (χ1n) is 6.71. The summed E-state index contributed by atoms with van der Waals surface area (Å²) in [6.45, 7) is -0.276. The average molecular weight is 305 g/mol. The Morgan fingerprint density at radius 2 is 2.23 bits per heavy atom. The number of fused-ring (bicyclic) bond motifs is 1. The zero-order chi connectivity index (χ0) is 15.7. The molecule has 2 aromatic rings. The fourth-order valence-electron chi connectivity index (χ4n) is 2.36. The van der Waals surface area contributed by atoms with Crippen molar-refractivity contribution in [2.45, 2.75) is 24.9 Å². The summed E-state index contributed by atoms with van der Waals surface area (Å²) in [5.74, 6) is 0.349. The van der Waals surface area contributed by atoms with E-state index in [0.717, 1.165) is 0 Å². The maximum atomic E-state index is 11.5. The van der Waals surface area contributed by atoms with Crippen LogP contribution in [0.5, 0.6) is 0 Å². The number of nitrogen functional groups attached to an aromatic ring is 1. The lowest BCUT2D eigenvalue weighted by molar-refractivity contribution is -0.0149. The summed E-state index contributed by atoms with van der Waals surface area (Å²) in [7, 11) is 0. The van der Waals surface area contributed by atoms with Gasteiger partial charge in [-0.3, -0.25) is 4.79 Å². The van der Waals surface area contributed by atoms with Gasteiger partial charge in [-0.15, -0.1) is 0 Å². The number of rotatable bonds is 3. The van der Waals surface area contributed by atoms with Crippen molar-refractivity contribution in [3.05, 3.63) is 28.8 Å². The van der Waals surface area contributed by atoms with Crippen molar-refractivity contribution in [3.63, 3.8) is 0 Å². The van der Waals surface area contributed by atoms with Gasteiger partial charge in [-0.1, -0.05) is 0 Å². The fraction of sp³-hybridized carbons (Fsp3) is 0.385. The lowest BCUT2D eigenvalue weighted by atomic mass is 10.2. The highest BCUT2D eigenvalue weighted by atomic mass is 16.5. The van der Waals surface area contributed by atoms with Crippen LogP contribution < -0.4 is 16.6 Å². The van der Waals surface area contributed by atoms with Crippen molar-refractivity contribution >= 4 is 22.5 Å². The maximum Gasteiger partial charge on any atom is 0.271 e. The first-order chi connectivity index (χ1) is 10.6. The highest BCUT2D eigenvalue weighted by molar-refractivity contribution is 5.95. The van der Waals surface area contributed by atoms with Gasteiger partial charge >= 0.3 is 0 Å². The summed E-state index contributed by atoms with van der Waals surface area (Å²) in [4.78, 5) is 23.4. The zero-order valence-corrected chi connectivity index (χ0v) is 11.5. The summed E-state index contributed by atoms with van der Waals surface area (Å²) in [6, 6.07) is 2.69. The molecule has 3 unspecified atom stereocenters. The van der Waals surface area contributed by atoms with Crippen LogP contribution in [0.3, 0.4) is 0 Å². The molecule has 0 aliphatic carbocycles. The van der Waals surface area contributed by atoms with E-state index in [1.54, 1.807) is 0 Å². The van der Waals surface area contributed by atoms with E-state index in [-0.39, 0.29) is 18.7 Å². The molecule has 2 aromatic heterocycles. The third-order valence-electron chi connectivity index (χ3n) is 3.44. The minimum Gasteiger partial charge on any atom is -0.398 e. The molecule has 3 heterocycles. The van der Waals surface area contributed by atoms with Crippen LogP contribution in [0.2, 0.25) is 0 Å². The van der Waals surface area contributed by atoms with Crippen LogP contribution in [0.25, 0.3) is 11.0 Å². The van der Waals surface area contributed by atoms with E-state index in [0.29, 0.717) is 16.9 Å². The Morgan fingerprint density at radius 1 is 1.41 bits per heavy atom. The van der Waals surface area contributed by atoms with Crippen molar-refractivity contribution in [3.8, 4) is 0 Å². The summed E-state index contributed by atoms with van der Waals surface area (Å²) < 4.78 is 5.47. The Kier molecular flexibility index (Phi) is 3.84. The predicted octanol–water partition coefficient (Wildman–Crippen LogP) is -1.15. The second-order valence-corrected chi connectivity index (χ2v) is 4.95. The van der Waals surface area contributed by atoms with E-state index in [1.807, 2.05) is 0 Å². The van der Waals surface area contributed by atoms with E-state index in [2.05, 4.69) is 20.3 Å². The molecule has 1 fully saturated rings. The van der Waals surface area contributed by atoms with Crippen LogP contribution >= 0.6 is 0 Å². The Labute approximate surface area is 124 Å². The Bertz CT molecular complexity index is 756. The van der Waals surface area contributed by atoms with E-state index in [4.69, 9.17) is 15.6 Å². The minimum absolute atomic E-state index is 0.169. The van der Waals surface area contributed by atoms with Crippen LogP contribution in [0.1, 0.15) is 6.42 Å². The van der Waals surface area contributed by atoms with Gasteiger partial charge < -0.3 is 26.0 Å². The topological polar surface area (TPSA) is 143 Å². The lowest BCUT2D eigenvalue weighted by Gasteiger charge is -2.15. The highest BCUT2D eigenvalue weighted by Crippen LogP contribution is 2.26.